The third-order valence-corrected chi connectivity index (χ3v) is 3.48. The van der Waals surface area contributed by atoms with E-state index in [9.17, 15) is 9.59 Å². The van der Waals surface area contributed by atoms with Crippen molar-refractivity contribution in [1.82, 2.24) is 0 Å². The maximum absolute atomic E-state index is 12.2. The molecular formula is C13H13Cl2NO3. The van der Waals surface area contributed by atoms with Crippen LogP contribution < -0.4 is 4.90 Å². The van der Waals surface area contributed by atoms with Crippen LogP contribution in [0.25, 0.3) is 0 Å². The van der Waals surface area contributed by atoms with Crippen molar-refractivity contribution in [3.05, 3.63) is 28.2 Å². The van der Waals surface area contributed by atoms with Gasteiger partial charge in [-0.2, -0.15) is 0 Å². The van der Waals surface area contributed by atoms with E-state index < -0.39 is 5.97 Å². The molecule has 1 fully saturated rings. The van der Waals surface area contributed by atoms with E-state index in [-0.39, 0.29) is 24.8 Å². The van der Waals surface area contributed by atoms with Gasteiger partial charge in [-0.1, -0.05) is 23.2 Å². The molecule has 0 spiro atoms. The lowest BCUT2D eigenvalue weighted by Crippen LogP contribution is -2.34. The molecule has 0 unspecified atom stereocenters. The van der Waals surface area contributed by atoms with E-state index in [1.807, 2.05) is 0 Å². The summed E-state index contributed by atoms with van der Waals surface area (Å²) in [6.45, 7) is 0.117. The fraction of sp³-hybridized carbons (Fsp3) is 0.385. The molecule has 1 amide bonds. The maximum Gasteiger partial charge on any atom is 0.305 e. The molecule has 19 heavy (non-hydrogen) atoms. The molecule has 0 radical (unpaired) electrons. The molecule has 0 aromatic heterocycles. The van der Waals surface area contributed by atoms with Crippen LogP contribution in [0.2, 0.25) is 10.0 Å². The van der Waals surface area contributed by atoms with Crippen LogP contribution in [0.3, 0.4) is 0 Å². The van der Waals surface area contributed by atoms with Crippen LogP contribution in [0.4, 0.5) is 5.69 Å². The molecule has 0 aliphatic heterocycles. The minimum atomic E-state index is -0.946. The lowest BCUT2D eigenvalue weighted by Gasteiger charge is -2.23. The predicted molar refractivity (Wildman–Crippen MR) is 73.8 cm³/mol. The Morgan fingerprint density at radius 1 is 1.32 bits per heavy atom. The first kappa shape index (κ1) is 14.2. The summed E-state index contributed by atoms with van der Waals surface area (Å²) in [7, 11) is 0. The van der Waals surface area contributed by atoms with Gasteiger partial charge in [-0.3, -0.25) is 9.59 Å². The van der Waals surface area contributed by atoms with Gasteiger partial charge >= 0.3 is 5.97 Å². The van der Waals surface area contributed by atoms with Gasteiger partial charge in [0.2, 0.25) is 5.91 Å². The number of carboxylic acids is 1. The van der Waals surface area contributed by atoms with E-state index in [1.54, 1.807) is 18.2 Å². The average Bonchev–Trinajstić information content (AvgIpc) is 3.14. The van der Waals surface area contributed by atoms with E-state index in [2.05, 4.69) is 0 Å². The average molecular weight is 302 g/mol. The van der Waals surface area contributed by atoms with Gasteiger partial charge in [0.25, 0.3) is 0 Å². The van der Waals surface area contributed by atoms with Gasteiger partial charge in [0, 0.05) is 17.5 Å². The van der Waals surface area contributed by atoms with Crippen LogP contribution in [0.5, 0.6) is 0 Å². The van der Waals surface area contributed by atoms with Crippen molar-refractivity contribution < 1.29 is 14.7 Å². The number of nitrogens with zero attached hydrogens (tertiary/aromatic N) is 1. The van der Waals surface area contributed by atoms with Crippen molar-refractivity contribution in [2.24, 2.45) is 5.92 Å². The highest BCUT2D eigenvalue weighted by Crippen LogP contribution is 2.35. The van der Waals surface area contributed by atoms with Gasteiger partial charge in [-0.05, 0) is 31.0 Å². The number of rotatable bonds is 5. The van der Waals surface area contributed by atoms with Crippen LogP contribution in [0.1, 0.15) is 19.3 Å². The molecule has 6 heteroatoms. The lowest BCUT2D eigenvalue weighted by molar-refractivity contribution is -0.136. The number of anilines is 1. The second-order valence-corrected chi connectivity index (χ2v) is 5.35. The van der Waals surface area contributed by atoms with Crippen molar-refractivity contribution in [3.63, 3.8) is 0 Å². The molecule has 4 nitrogen and oxygen atoms in total. The summed E-state index contributed by atoms with van der Waals surface area (Å²) in [6.07, 6.45) is 1.60. The number of hydrogen-bond donors (Lipinski definition) is 1. The number of carbonyl (C=O) groups excluding carboxylic acids is 1. The molecule has 0 bridgehead atoms. The van der Waals surface area contributed by atoms with Crippen LogP contribution in [-0.2, 0) is 9.59 Å². The standard InChI is InChI=1S/C13H13Cl2NO3/c14-9-3-4-11(10(15)7-9)16(6-5-12(17)18)13(19)8-1-2-8/h3-4,7-8H,1-2,5-6H2,(H,17,18). The highest BCUT2D eigenvalue weighted by Gasteiger charge is 2.34. The van der Waals surface area contributed by atoms with Crippen molar-refractivity contribution >= 4 is 40.8 Å². The lowest BCUT2D eigenvalue weighted by atomic mass is 10.2. The van der Waals surface area contributed by atoms with Gasteiger partial charge < -0.3 is 10.0 Å². The molecule has 1 aromatic carbocycles. The van der Waals surface area contributed by atoms with Crippen molar-refractivity contribution in [3.8, 4) is 0 Å². The van der Waals surface area contributed by atoms with E-state index in [1.165, 1.54) is 4.90 Å². The van der Waals surface area contributed by atoms with Crippen molar-refractivity contribution in [2.45, 2.75) is 19.3 Å². The van der Waals surface area contributed by atoms with E-state index in [0.29, 0.717) is 15.7 Å². The minimum Gasteiger partial charge on any atom is -0.481 e. The second kappa shape index (κ2) is 5.80. The number of carbonyl (C=O) groups is 2. The molecular weight excluding hydrogens is 289 g/mol. The van der Waals surface area contributed by atoms with Gasteiger partial charge in [0.05, 0.1) is 17.1 Å². The number of benzene rings is 1. The summed E-state index contributed by atoms with van der Waals surface area (Å²) >= 11 is 11.9. The second-order valence-electron chi connectivity index (χ2n) is 4.50. The number of amides is 1. The van der Waals surface area contributed by atoms with E-state index >= 15 is 0 Å². The fourth-order valence-electron chi connectivity index (χ4n) is 1.81. The first-order valence-electron chi connectivity index (χ1n) is 5.97. The molecule has 0 heterocycles. The molecule has 0 saturated heterocycles. The summed E-state index contributed by atoms with van der Waals surface area (Å²) < 4.78 is 0. The maximum atomic E-state index is 12.2. The van der Waals surface area contributed by atoms with Crippen LogP contribution >= 0.6 is 23.2 Å². The van der Waals surface area contributed by atoms with Crippen molar-refractivity contribution in [1.29, 1.82) is 0 Å². The first-order valence-corrected chi connectivity index (χ1v) is 6.73. The molecule has 1 aromatic rings. The molecule has 102 valence electrons. The highest BCUT2D eigenvalue weighted by atomic mass is 35.5. The Morgan fingerprint density at radius 2 is 2.00 bits per heavy atom. The van der Waals surface area contributed by atoms with Gasteiger partial charge in [-0.15, -0.1) is 0 Å². The van der Waals surface area contributed by atoms with Crippen molar-refractivity contribution in [2.75, 3.05) is 11.4 Å². The molecule has 0 atom stereocenters. The Hall–Kier alpha value is -1.26. The fourth-order valence-corrected chi connectivity index (χ4v) is 2.32. The van der Waals surface area contributed by atoms with Crippen LogP contribution in [0, 0.1) is 5.92 Å². The summed E-state index contributed by atoms with van der Waals surface area (Å²) in [5, 5.41) is 9.60. The Labute approximate surface area is 120 Å². The van der Waals surface area contributed by atoms with Crippen LogP contribution in [0.15, 0.2) is 18.2 Å². The Morgan fingerprint density at radius 3 is 2.53 bits per heavy atom. The number of carboxylic acid groups (broad SMARTS) is 1. The largest absolute Gasteiger partial charge is 0.481 e. The number of hydrogen-bond acceptors (Lipinski definition) is 2. The quantitative estimate of drug-likeness (QED) is 0.908. The zero-order valence-corrected chi connectivity index (χ0v) is 11.6. The Balaban J connectivity index is 2.24. The van der Waals surface area contributed by atoms with Gasteiger partial charge in [-0.25, -0.2) is 0 Å². The summed E-state index contributed by atoms with van der Waals surface area (Å²) in [5.74, 6) is -1.01. The van der Waals surface area contributed by atoms with E-state index in [4.69, 9.17) is 28.3 Å². The SMILES string of the molecule is O=C(O)CCN(C(=O)C1CC1)c1ccc(Cl)cc1Cl. The first-order chi connectivity index (χ1) is 8.99. The monoisotopic (exact) mass is 301 g/mol. The van der Waals surface area contributed by atoms with Crippen LogP contribution in [-0.4, -0.2) is 23.5 Å². The zero-order valence-electron chi connectivity index (χ0n) is 10.1. The number of halogens is 2. The molecule has 1 N–H and O–H groups in total. The minimum absolute atomic E-state index is 0.000500. The molecule has 1 saturated carbocycles. The third-order valence-electron chi connectivity index (χ3n) is 2.94. The Bertz CT molecular complexity index is 515. The molecule has 1 aliphatic rings. The van der Waals surface area contributed by atoms with E-state index in [0.717, 1.165) is 12.8 Å². The van der Waals surface area contributed by atoms with Gasteiger partial charge in [0.15, 0.2) is 0 Å². The smallest absolute Gasteiger partial charge is 0.305 e. The molecule has 1 aliphatic carbocycles. The molecule has 2 rings (SSSR count). The Kier molecular flexibility index (Phi) is 4.32. The number of aliphatic carboxylic acids is 1. The van der Waals surface area contributed by atoms with Gasteiger partial charge in [0.1, 0.15) is 0 Å². The summed E-state index contributed by atoms with van der Waals surface area (Å²) in [4.78, 5) is 24.3. The third kappa shape index (κ3) is 3.61. The highest BCUT2D eigenvalue weighted by molar-refractivity contribution is 6.36. The topological polar surface area (TPSA) is 57.6 Å². The normalized spacial score (nSPS) is 14.2. The summed E-state index contributed by atoms with van der Waals surface area (Å²) in [5.41, 5.74) is 0.518. The zero-order chi connectivity index (χ0) is 14.0. The summed E-state index contributed by atoms with van der Waals surface area (Å²) in [6, 6.07) is 4.83. The predicted octanol–water partition coefficient (Wildman–Crippen LogP) is 3.21.